The highest BCUT2D eigenvalue weighted by atomic mass is 32.2. The summed E-state index contributed by atoms with van der Waals surface area (Å²) in [7, 11) is -3.75. The van der Waals surface area contributed by atoms with Gasteiger partial charge in [-0.3, -0.25) is 14.3 Å². The van der Waals surface area contributed by atoms with Gasteiger partial charge in [-0.25, -0.2) is 8.42 Å². The molecule has 1 amide bonds. The summed E-state index contributed by atoms with van der Waals surface area (Å²) in [5.41, 5.74) is 2.33. The van der Waals surface area contributed by atoms with Crippen molar-refractivity contribution in [3.8, 4) is 0 Å². The minimum atomic E-state index is -3.75. The Kier molecular flexibility index (Phi) is 7.13. The second kappa shape index (κ2) is 10.2. The number of fused-ring (bicyclic) bond motifs is 1. The van der Waals surface area contributed by atoms with Crippen molar-refractivity contribution in [2.75, 3.05) is 11.3 Å². The van der Waals surface area contributed by atoms with E-state index in [9.17, 15) is 18.0 Å². The van der Waals surface area contributed by atoms with Gasteiger partial charge in [-0.05, 0) is 62.4 Å². The predicted octanol–water partition coefficient (Wildman–Crippen LogP) is 4.12. The van der Waals surface area contributed by atoms with Crippen LogP contribution in [0.4, 0.5) is 5.69 Å². The van der Waals surface area contributed by atoms with Crippen molar-refractivity contribution in [3.63, 3.8) is 0 Å². The minimum absolute atomic E-state index is 0.0658. The zero-order valence-corrected chi connectivity index (χ0v) is 20.7. The lowest BCUT2D eigenvalue weighted by atomic mass is 10.2. The Balaban J connectivity index is 1.59. The molecule has 0 unspecified atom stereocenters. The van der Waals surface area contributed by atoms with E-state index in [0.29, 0.717) is 10.5 Å². The Morgan fingerprint density at radius 2 is 1.69 bits per heavy atom. The highest BCUT2D eigenvalue weighted by Gasteiger charge is 2.15. The first-order valence-corrected chi connectivity index (χ1v) is 13.1. The van der Waals surface area contributed by atoms with Crippen LogP contribution in [0.25, 0.3) is 10.2 Å². The number of hydrogen-bond donors (Lipinski definition) is 1. The fourth-order valence-electron chi connectivity index (χ4n) is 3.36. The number of carbonyl (C=O) groups excluding carboxylic acids is 2. The first-order valence-electron chi connectivity index (χ1n) is 10.8. The smallest absolute Gasteiger partial charge is 0.326 e. The number of aromatic nitrogens is 1. The Bertz CT molecular complexity index is 1550. The molecule has 0 aliphatic carbocycles. The first-order chi connectivity index (χ1) is 16.8. The van der Waals surface area contributed by atoms with E-state index in [4.69, 9.17) is 4.74 Å². The van der Waals surface area contributed by atoms with Crippen molar-refractivity contribution in [3.05, 3.63) is 88.7 Å². The molecule has 4 rings (SSSR count). The number of aryl methyl sites for hydroxylation is 1. The molecule has 0 radical (unpaired) electrons. The molecule has 0 atom stereocenters. The fourth-order valence-corrected chi connectivity index (χ4v) is 5.44. The van der Waals surface area contributed by atoms with E-state index in [-0.39, 0.29) is 23.6 Å². The second-order valence-electron chi connectivity index (χ2n) is 7.66. The largest absolute Gasteiger partial charge is 0.465 e. The Morgan fingerprint density at radius 1 is 1.00 bits per heavy atom. The van der Waals surface area contributed by atoms with Crippen molar-refractivity contribution >= 4 is 49.1 Å². The fraction of sp³-hybridized carbons (Fsp3) is 0.160. The molecule has 35 heavy (non-hydrogen) atoms. The van der Waals surface area contributed by atoms with Crippen LogP contribution >= 0.6 is 11.3 Å². The molecule has 0 aliphatic heterocycles. The summed E-state index contributed by atoms with van der Waals surface area (Å²) in [5.74, 6) is -0.933. The number of para-hydroxylation sites is 1. The molecule has 10 heteroatoms. The summed E-state index contributed by atoms with van der Waals surface area (Å²) in [5, 5.41) is 0. The van der Waals surface area contributed by atoms with E-state index in [0.717, 1.165) is 15.8 Å². The van der Waals surface area contributed by atoms with E-state index in [1.165, 1.54) is 47.7 Å². The molecule has 1 N–H and O–H groups in total. The molecule has 0 aliphatic rings. The molecular formula is C25H23N3O5S2. The number of sulfonamides is 1. The van der Waals surface area contributed by atoms with Gasteiger partial charge in [0.2, 0.25) is 0 Å². The molecule has 0 fully saturated rings. The number of anilines is 1. The number of benzene rings is 3. The molecule has 8 nitrogen and oxygen atoms in total. The van der Waals surface area contributed by atoms with E-state index in [1.54, 1.807) is 23.6 Å². The average molecular weight is 510 g/mol. The number of amides is 1. The summed E-state index contributed by atoms with van der Waals surface area (Å²) in [6.07, 6.45) is 0. The van der Waals surface area contributed by atoms with Crippen LogP contribution in [0.1, 0.15) is 22.8 Å². The summed E-state index contributed by atoms with van der Waals surface area (Å²) < 4.78 is 35.3. The third-order valence-electron chi connectivity index (χ3n) is 5.09. The normalized spacial score (nSPS) is 12.0. The molecular weight excluding hydrogens is 486 g/mol. The first kappa shape index (κ1) is 24.4. The monoisotopic (exact) mass is 509 g/mol. The lowest BCUT2D eigenvalue weighted by molar-refractivity contribution is -0.143. The second-order valence-corrected chi connectivity index (χ2v) is 10.3. The van der Waals surface area contributed by atoms with Crippen molar-refractivity contribution in [1.29, 1.82) is 0 Å². The third kappa shape index (κ3) is 5.67. The van der Waals surface area contributed by atoms with Crippen molar-refractivity contribution in [2.24, 2.45) is 4.99 Å². The maximum Gasteiger partial charge on any atom is 0.326 e. The lowest BCUT2D eigenvalue weighted by Crippen LogP contribution is -2.23. The summed E-state index contributed by atoms with van der Waals surface area (Å²) >= 11 is 1.29. The van der Waals surface area contributed by atoms with Crippen molar-refractivity contribution < 1.29 is 22.7 Å². The van der Waals surface area contributed by atoms with Crippen LogP contribution < -0.4 is 9.52 Å². The van der Waals surface area contributed by atoms with E-state index >= 15 is 0 Å². The zero-order valence-electron chi connectivity index (χ0n) is 19.1. The van der Waals surface area contributed by atoms with Gasteiger partial charge in [0.15, 0.2) is 4.80 Å². The topological polar surface area (TPSA) is 107 Å². The van der Waals surface area contributed by atoms with Crippen LogP contribution in [0.15, 0.2) is 82.7 Å². The number of thiazole rings is 1. The lowest BCUT2D eigenvalue weighted by Gasteiger charge is -2.08. The van der Waals surface area contributed by atoms with Crippen LogP contribution in [0.3, 0.4) is 0 Å². The highest BCUT2D eigenvalue weighted by molar-refractivity contribution is 7.92. The van der Waals surface area contributed by atoms with Gasteiger partial charge in [-0.2, -0.15) is 4.99 Å². The van der Waals surface area contributed by atoms with Crippen molar-refractivity contribution in [2.45, 2.75) is 25.3 Å². The molecule has 0 spiro atoms. The Morgan fingerprint density at radius 3 is 2.37 bits per heavy atom. The molecule has 3 aromatic carbocycles. The number of nitrogens with zero attached hydrogens (tertiary/aromatic N) is 2. The number of ether oxygens (including phenoxy) is 1. The summed E-state index contributed by atoms with van der Waals surface area (Å²) in [4.78, 5) is 29.7. The van der Waals surface area contributed by atoms with Crippen LogP contribution in [-0.2, 0) is 26.1 Å². The Hall–Kier alpha value is -3.76. The predicted molar refractivity (Wildman–Crippen MR) is 135 cm³/mol. The SMILES string of the molecule is CCOC(=O)Cn1c(=NC(=O)c2ccc(NS(=O)(=O)c3ccc(C)cc3)cc2)sc2ccccc21. The molecule has 1 heterocycles. The van der Waals surface area contributed by atoms with Gasteiger partial charge in [0.25, 0.3) is 15.9 Å². The number of hydrogen-bond acceptors (Lipinski definition) is 6. The molecule has 4 aromatic rings. The number of carbonyl (C=O) groups is 2. The highest BCUT2D eigenvalue weighted by Crippen LogP contribution is 2.19. The minimum Gasteiger partial charge on any atom is -0.465 e. The molecule has 1 aromatic heterocycles. The number of nitrogens with one attached hydrogen (secondary N) is 1. The van der Waals surface area contributed by atoms with E-state index in [1.807, 2.05) is 31.2 Å². The molecule has 0 saturated heterocycles. The maximum atomic E-state index is 12.9. The van der Waals surface area contributed by atoms with E-state index < -0.39 is 21.9 Å². The molecule has 180 valence electrons. The number of esters is 1. The maximum absolute atomic E-state index is 12.9. The summed E-state index contributed by atoms with van der Waals surface area (Å²) in [6.45, 7) is 3.80. The van der Waals surface area contributed by atoms with Gasteiger partial charge in [-0.15, -0.1) is 0 Å². The molecule has 0 saturated carbocycles. The van der Waals surface area contributed by atoms with Gasteiger partial charge in [0.05, 0.1) is 21.7 Å². The summed E-state index contributed by atoms with van der Waals surface area (Å²) in [6, 6.07) is 20.0. The van der Waals surface area contributed by atoms with Gasteiger partial charge < -0.3 is 9.30 Å². The zero-order chi connectivity index (χ0) is 25.0. The van der Waals surface area contributed by atoms with Crippen LogP contribution in [0.2, 0.25) is 0 Å². The quantitative estimate of drug-likeness (QED) is 0.377. The van der Waals surface area contributed by atoms with Crippen LogP contribution in [-0.4, -0.2) is 31.5 Å². The van der Waals surface area contributed by atoms with Gasteiger partial charge in [-0.1, -0.05) is 41.2 Å². The molecule has 0 bridgehead atoms. The standard InChI is InChI=1S/C25H23N3O5S2/c1-3-33-23(29)16-28-21-6-4-5-7-22(21)34-25(28)26-24(30)18-10-12-19(13-11-18)27-35(31,32)20-14-8-17(2)9-15-20/h4-15,27H,3,16H2,1-2H3. The van der Waals surface area contributed by atoms with Crippen LogP contribution in [0, 0.1) is 6.92 Å². The van der Waals surface area contributed by atoms with Gasteiger partial charge in [0.1, 0.15) is 6.54 Å². The van der Waals surface area contributed by atoms with Gasteiger partial charge in [0, 0.05) is 11.3 Å². The third-order valence-corrected chi connectivity index (χ3v) is 7.55. The average Bonchev–Trinajstić information content (AvgIpc) is 3.16. The Labute approximate surface area is 206 Å². The van der Waals surface area contributed by atoms with Crippen molar-refractivity contribution in [1.82, 2.24) is 4.57 Å². The van der Waals surface area contributed by atoms with Crippen LogP contribution in [0.5, 0.6) is 0 Å². The van der Waals surface area contributed by atoms with E-state index in [2.05, 4.69) is 9.71 Å². The number of rotatable bonds is 7. The van der Waals surface area contributed by atoms with Gasteiger partial charge >= 0.3 is 5.97 Å².